The van der Waals surface area contributed by atoms with E-state index in [0.717, 1.165) is 0 Å². The molecule has 4 nitrogen and oxygen atoms in total. The lowest BCUT2D eigenvalue weighted by molar-refractivity contribution is 0.109. The van der Waals surface area contributed by atoms with Gasteiger partial charge in [-0.15, -0.1) is 0 Å². The van der Waals surface area contributed by atoms with Gasteiger partial charge >= 0.3 is 6.09 Å². The van der Waals surface area contributed by atoms with Gasteiger partial charge in [-0.2, -0.15) is 0 Å². The fraction of sp³-hybridized carbons (Fsp3) is 0.857. The number of hydrogen-bond donors (Lipinski definition) is 1. The van der Waals surface area contributed by atoms with Crippen molar-refractivity contribution in [1.82, 2.24) is 4.90 Å². The van der Waals surface area contributed by atoms with E-state index in [4.69, 9.17) is 10.5 Å². The van der Waals surface area contributed by atoms with E-state index in [-0.39, 0.29) is 6.09 Å². The zero-order valence-corrected chi connectivity index (χ0v) is 7.17. The number of carbonyl (C=O) groups is 1. The summed E-state index contributed by atoms with van der Waals surface area (Å²) in [5.41, 5.74) is 5.16. The molecule has 0 aromatic heterocycles. The maximum Gasteiger partial charge on any atom is 0.409 e. The monoisotopic (exact) mass is 160 g/mol. The van der Waals surface area contributed by atoms with Crippen LogP contribution in [0.15, 0.2) is 0 Å². The fourth-order valence-electron chi connectivity index (χ4n) is 0.719. The van der Waals surface area contributed by atoms with Crippen LogP contribution in [-0.4, -0.2) is 37.2 Å². The maximum atomic E-state index is 11.0. The SMILES string of the molecule is CCN(CC)C(=O)OCCN. The molecule has 0 aliphatic heterocycles. The molecule has 0 unspecified atom stereocenters. The van der Waals surface area contributed by atoms with Gasteiger partial charge in [0.05, 0.1) is 0 Å². The van der Waals surface area contributed by atoms with E-state index in [2.05, 4.69) is 0 Å². The molecule has 0 saturated carbocycles. The van der Waals surface area contributed by atoms with Crippen molar-refractivity contribution in [1.29, 1.82) is 0 Å². The smallest absolute Gasteiger partial charge is 0.409 e. The van der Waals surface area contributed by atoms with Crippen molar-refractivity contribution in [2.75, 3.05) is 26.2 Å². The third-order valence-corrected chi connectivity index (χ3v) is 1.37. The predicted octanol–water partition coefficient (Wildman–Crippen LogP) is 0.424. The minimum atomic E-state index is -0.277. The van der Waals surface area contributed by atoms with Crippen LogP contribution in [0.1, 0.15) is 13.8 Å². The molecule has 0 heterocycles. The number of hydrogen-bond acceptors (Lipinski definition) is 3. The summed E-state index contributed by atoms with van der Waals surface area (Å²) >= 11 is 0. The zero-order chi connectivity index (χ0) is 8.69. The highest BCUT2D eigenvalue weighted by atomic mass is 16.6. The first-order valence-corrected chi connectivity index (χ1v) is 3.88. The normalized spacial score (nSPS) is 9.36. The van der Waals surface area contributed by atoms with Gasteiger partial charge in [0.2, 0.25) is 0 Å². The van der Waals surface area contributed by atoms with E-state index in [9.17, 15) is 4.79 Å². The molecule has 0 bridgehead atoms. The van der Waals surface area contributed by atoms with Crippen molar-refractivity contribution in [3.63, 3.8) is 0 Å². The van der Waals surface area contributed by atoms with Gasteiger partial charge in [-0.25, -0.2) is 4.79 Å². The predicted molar refractivity (Wildman–Crippen MR) is 43.3 cm³/mol. The Morgan fingerprint density at radius 2 is 2.00 bits per heavy atom. The van der Waals surface area contributed by atoms with E-state index in [1.165, 1.54) is 0 Å². The Balaban J connectivity index is 3.61. The molecule has 1 amide bonds. The largest absolute Gasteiger partial charge is 0.448 e. The summed E-state index contributed by atoms with van der Waals surface area (Å²) in [6, 6.07) is 0. The van der Waals surface area contributed by atoms with E-state index < -0.39 is 0 Å². The number of amides is 1. The topological polar surface area (TPSA) is 55.6 Å². The molecule has 0 fully saturated rings. The van der Waals surface area contributed by atoms with Crippen molar-refractivity contribution in [3.05, 3.63) is 0 Å². The minimum absolute atomic E-state index is 0.277. The minimum Gasteiger partial charge on any atom is -0.448 e. The van der Waals surface area contributed by atoms with Crippen molar-refractivity contribution >= 4 is 6.09 Å². The molecule has 0 aliphatic rings. The molecule has 4 heteroatoms. The Kier molecular flexibility index (Phi) is 5.56. The number of ether oxygens (including phenoxy) is 1. The Hall–Kier alpha value is -0.770. The van der Waals surface area contributed by atoms with E-state index in [0.29, 0.717) is 26.2 Å². The lowest BCUT2D eigenvalue weighted by Crippen LogP contribution is -2.32. The average Bonchev–Trinajstić information content (AvgIpc) is 2.03. The van der Waals surface area contributed by atoms with Crippen LogP contribution in [0.4, 0.5) is 4.79 Å². The summed E-state index contributed by atoms with van der Waals surface area (Å²) in [5.74, 6) is 0. The molecule has 0 saturated heterocycles. The number of rotatable bonds is 4. The van der Waals surface area contributed by atoms with Gasteiger partial charge in [0.25, 0.3) is 0 Å². The Morgan fingerprint density at radius 1 is 1.45 bits per heavy atom. The van der Waals surface area contributed by atoms with E-state index in [1.54, 1.807) is 4.90 Å². The molecule has 0 radical (unpaired) electrons. The van der Waals surface area contributed by atoms with Crippen LogP contribution in [0.2, 0.25) is 0 Å². The van der Waals surface area contributed by atoms with Gasteiger partial charge in [-0.1, -0.05) is 0 Å². The molecule has 0 aromatic carbocycles. The maximum absolute atomic E-state index is 11.0. The fourth-order valence-corrected chi connectivity index (χ4v) is 0.719. The summed E-state index contributed by atoms with van der Waals surface area (Å²) in [6.45, 7) is 5.86. The Bertz CT molecular complexity index is 113. The lowest BCUT2D eigenvalue weighted by atomic mass is 10.5. The van der Waals surface area contributed by atoms with Crippen LogP contribution in [-0.2, 0) is 4.74 Å². The van der Waals surface area contributed by atoms with Crippen LogP contribution in [0.5, 0.6) is 0 Å². The standard InChI is InChI=1S/C7H16N2O2/c1-3-9(4-2)7(10)11-6-5-8/h3-6,8H2,1-2H3. The first kappa shape index (κ1) is 10.2. The lowest BCUT2D eigenvalue weighted by Gasteiger charge is -2.17. The van der Waals surface area contributed by atoms with Gasteiger partial charge in [-0.05, 0) is 13.8 Å². The molecule has 11 heavy (non-hydrogen) atoms. The molecule has 0 rings (SSSR count). The van der Waals surface area contributed by atoms with Crippen LogP contribution in [0, 0.1) is 0 Å². The average molecular weight is 160 g/mol. The third-order valence-electron chi connectivity index (χ3n) is 1.37. The van der Waals surface area contributed by atoms with Crippen molar-refractivity contribution in [3.8, 4) is 0 Å². The molecule has 2 N–H and O–H groups in total. The van der Waals surface area contributed by atoms with Crippen LogP contribution in [0.25, 0.3) is 0 Å². The molecule has 0 atom stereocenters. The van der Waals surface area contributed by atoms with E-state index in [1.807, 2.05) is 13.8 Å². The van der Waals surface area contributed by atoms with E-state index >= 15 is 0 Å². The summed E-state index contributed by atoms with van der Waals surface area (Å²) in [6.07, 6.45) is -0.277. The summed E-state index contributed by atoms with van der Waals surface area (Å²) in [4.78, 5) is 12.6. The van der Waals surface area contributed by atoms with Crippen molar-refractivity contribution < 1.29 is 9.53 Å². The highest BCUT2D eigenvalue weighted by molar-refractivity contribution is 5.67. The molecule has 0 spiro atoms. The van der Waals surface area contributed by atoms with Gasteiger partial charge in [0.15, 0.2) is 0 Å². The first-order valence-electron chi connectivity index (χ1n) is 3.88. The summed E-state index contributed by atoms with van der Waals surface area (Å²) in [5, 5.41) is 0. The second-order valence-electron chi connectivity index (χ2n) is 2.08. The number of carbonyl (C=O) groups excluding carboxylic acids is 1. The second kappa shape index (κ2) is 5.97. The van der Waals surface area contributed by atoms with Gasteiger partial charge in [0.1, 0.15) is 6.61 Å². The van der Waals surface area contributed by atoms with Crippen LogP contribution >= 0.6 is 0 Å². The van der Waals surface area contributed by atoms with Gasteiger partial charge in [0, 0.05) is 19.6 Å². The Morgan fingerprint density at radius 3 is 2.36 bits per heavy atom. The molecule has 66 valence electrons. The molecule has 0 aliphatic carbocycles. The number of nitrogens with zero attached hydrogens (tertiary/aromatic N) is 1. The Labute approximate surface area is 67.3 Å². The van der Waals surface area contributed by atoms with Crippen molar-refractivity contribution in [2.24, 2.45) is 5.73 Å². The van der Waals surface area contributed by atoms with Crippen molar-refractivity contribution in [2.45, 2.75) is 13.8 Å². The third kappa shape index (κ3) is 3.83. The summed E-state index contributed by atoms with van der Waals surface area (Å²) in [7, 11) is 0. The highest BCUT2D eigenvalue weighted by Crippen LogP contribution is 1.91. The second-order valence-corrected chi connectivity index (χ2v) is 2.08. The quantitative estimate of drug-likeness (QED) is 0.648. The zero-order valence-electron chi connectivity index (χ0n) is 7.17. The number of nitrogens with two attached hydrogens (primary N) is 1. The first-order chi connectivity index (χ1) is 5.26. The summed E-state index contributed by atoms with van der Waals surface area (Å²) < 4.78 is 4.80. The molecular formula is C7H16N2O2. The van der Waals surface area contributed by atoms with Gasteiger partial charge in [-0.3, -0.25) is 0 Å². The van der Waals surface area contributed by atoms with Crippen LogP contribution in [0.3, 0.4) is 0 Å². The molecular weight excluding hydrogens is 144 g/mol. The van der Waals surface area contributed by atoms with Crippen LogP contribution < -0.4 is 5.73 Å². The molecule has 0 aromatic rings. The highest BCUT2D eigenvalue weighted by Gasteiger charge is 2.08. The van der Waals surface area contributed by atoms with Gasteiger partial charge < -0.3 is 15.4 Å².